The van der Waals surface area contributed by atoms with Crippen molar-refractivity contribution in [2.75, 3.05) is 13.7 Å². The van der Waals surface area contributed by atoms with Gasteiger partial charge < -0.3 is 10.1 Å². The van der Waals surface area contributed by atoms with E-state index in [0.717, 1.165) is 31.5 Å². The van der Waals surface area contributed by atoms with Gasteiger partial charge in [-0.15, -0.1) is 0 Å². The van der Waals surface area contributed by atoms with Crippen LogP contribution >= 0.6 is 0 Å². The Morgan fingerprint density at radius 2 is 2.56 bits per heavy atom. The molecule has 18 heavy (non-hydrogen) atoms. The van der Waals surface area contributed by atoms with Crippen LogP contribution in [0.4, 0.5) is 0 Å². The van der Waals surface area contributed by atoms with Gasteiger partial charge in [-0.25, -0.2) is 9.97 Å². The van der Waals surface area contributed by atoms with Crippen molar-refractivity contribution in [2.24, 2.45) is 5.92 Å². The Hall–Kier alpha value is -1.49. The van der Waals surface area contributed by atoms with Crippen LogP contribution < -0.4 is 5.32 Å². The highest BCUT2D eigenvalue weighted by Gasteiger charge is 2.53. The van der Waals surface area contributed by atoms with E-state index in [1.54, 1.807) is 6.20 Å². The number of nitrogens with one attached hydrogen (secondary N) is 1. The van der Waals surface area contributed by atoms with Crippen LogP contribution in [-0.2, 0) is 14.9 Å². The van der Waals surface area contributed by atoms with E-state index in [4.69, 9.17) is 4.74 Å². The van der Waals surface area contributed by atoms with Crippen LogP contribution in [-0.4, -0.2) is 35.6 Å². The van der Waals surface area contributed by atoms with Crippen LogP contribution in [0.1, 0.15) is 25.0 Å². The van der Waals surface area contributed by atoms with E-state index in [9.17, 15) is 4.79 Å². The van der Waals surface area contributed by atoms with E-state index >= 15 is 0 Å². The Labute approximate surface area is 106 Å². The van der Waals surface area contributed by atoms with Gasteiger partial charge in [0.25, 0.3) is 0 Å². The SMILES string of the molecule is COC(=O)C1NCC2CCC1(c1ccn[c]n1)C2. The lowest BCUT2D eigenvalue weighted by Crippen LogP contribution is -2.56. The third-order valence-electron chi connectivity index (χ3n) is 4.30. The molecule has 1 aromatic rings. The number of carbonyl (C=O) groups is 1. The van der Waals surface area contributed by atoms with Gasteiger partial charge in [0.2, 0.25) is 0 Å². The van der Waals surface area contributed by atoms with Crippen LogP contribution in [0.15, 0.2) is 12.3 Å². The summed E-state index contributed by atoms with van der Waals surface area (Å²) in [7, 11) is 1.44. The highest BCUT2D eigenvalue weighted by molar-refractivity contribution is 5.78. The van der Waals surface area contributed by atoms with E-state index in [0.29, 0.717) is 5.92 Å². The molecule has 1 N–H and O–H groups in total. The third-order valence-corrected chi connectivity index (χ3v) is 4.30. The molecule has 95 valence electrons. The molecule has 1 radical (unpaired) electrons. The van der Waals surface area contributed by atoms with Crippen molar-refractivity contribution in [1.82, 2.24) is 15.3 Å². The first-order valence-electron chi connectivity index (χ1n) is 6.27. The average Bonchev–Trinajstić information content (AvgIpc) is 2.78. The number of carbonyl (C=O) groups excluding carboxylic acids is 1. The van der Waals surface area contributed by atoms with E-state index in [2.05, 4.69) is 21.6 Å². The van der Waals surface area contributed by atoms with Gasteiger partial charge in [-0.3, -0.25) is 4.79 Å². The number of ether oxygens (including phenoxy) is 1. The Balaban J connectivity index is 2.02. The minimum Gasteiger partial charge on any atom is -0.468 e. The maximum atomic E-state index is 12.0. The second-order valence-corrected chi connectivity index (χ2v) is 5.17. The van der Waals surface area contributed by atoms with Crippen molar-refractivity contribution in [1.29, 1.82) is 0 Å². The van der Waals surface area contributed by atoms with E-state index in [1.165, 1.54) is 7.11 Å². The first kappa shape index (κ1) is 11.6. The topological polar surface area (TPSA) is 64.1 Å². The lowest BCUT2D eigenvalue weighted by molar-refractivity contribution is -0.146. The highest BCUT2D eigenvalue weighted by atomic mass is 16.5. The molecule has 5 nitrogen and oxygen atoms in total. The summed E-state index contributed by atoms with van der Waals surface area (Å²) in [5.41, 5.74) is 0.665. The van der Waals surface area contributed by atoms with E-state index in [-0.39, 0.29) is 17.4 Å². The lowest BCUT2D eigenvalue weighted by Gasteiger charge is -2.39. The smallest absolute Gasteiger partial charge is 0.323 e. The molecular formula is C13H16N3O2. The molecule has 2 bridgehead atoms. The summed E-state index contributed by atoms with van der Waals surface area (Å²) in [5.74, 6) is 0.426. The summed E-state index contributed by atoms with van der Waals surface area (Å²) in [5, 5.41) is 3.32. The molecule has 2 heterocycles. The van der Waals surface area contributed by atoms with Gasteiger partial charge in [0.05, 0.1) is 12.8 Å². The average molecular weight is 246 g/mol. The molecule has 0 spiro atoms. The number of piperidine rings is 1. The number of hydrogen-bond donors (Lipinski definition) is 1. The Kier molecular flexibility index (Phi) is 2.78. The Bertz CT molecular complexity index is 451. The summed E-state index contributed by atoms with van der Waals surface area (Å²) < 4.78 is 4.93. The van der Waals surface area contributed by atoms with E-state index < -0.39 is 0 Å². The van der Waals surface area contributed by atoms with Crippen molar-refractivity contribution in [3.05, 3.63) is 24.3 Å². The zero-order valence-electron chi connectivity index (χ0n) is 10.3. The van der Waals surface area contributed by atoms with Crippen molar-refractivity contribution >= 4 is 5.97 Å². The molecule has 0 amide bonds. The summed E-state index contributed by atoms with van der Waals surface area (Å²) in [6.45, 7) is 0.885. The zero-order valence-corrected chi connectivity index (χ0v) is 10.3. The number of rotatable bonds is 2. The number of methoxy groups -OCH3 is 1. The maximum absolute atomic E-state index is 12.0. The number of esters is 1. The molecule has 1 saturated carbocycles. The predicted octanol–water partition coefficient (Wildman–Crippen LogP) is 0.459. The van der Waals surface area contributed by atoms with E-state index in [1.807, 2.05) is 6.07 Å². The summed E-state index contributed by atoms with van der Waals surface area (Å²) >= 11 is 0. The van der Waals surface area contributed by atoms with Gasteiger partial charge in [0.15, 0.2) is 6.33 Å². The van der Waals surface area contributed by atoms with Crippen molar-refractivity contribution in [2.45, 2.75) is 30.7 Å². The van der Waals surface area contributed by atoms with Gasteiger partial charge in [-0.05, 0) is 37.8 Å². The lowest BCUT2D eigenvalue weighted by atomic mass is 9.73. The number of nitrogens with zero attached hydrogens (tertiary/aromatic N) is 2. The molecule has 3 unspecified atom stereocenters. The molecule has 3 atom stereocenters. The van der Waals surface area contributed by atoms with Gasteiger partial charge in [0.1, 0.15) is 6.04 Å². The molecular weight excluding hydrogens is 230 g/mol. The number of fused-ring (bicyclic) bond motifs is 2. The molecule has 2 aliphatic rings. The normalized spacial score (nSPS) is 34.3. The predicted molar refractivity (Wildman–Crippen MR) is 63.7 cm³/mol. The van der Waals surface area contributed by atoms with Crippen LogP contribution in [0.3, 0.4) is 0 Å². The number of hydrogen-bond acceptors (Lipinski definition) is 5. The molecule has 1 aliphatic carbocycles. The first-order valence-corrected chi connectivity index (χ1v) is 6.27. The first-order chi connectivity index (χ1) is 8.76. The van der Waals surface area contributed by atoms with Crippen molar-refractivity contribution < 1.29 is 9.53 Å². The monoisotopic (exact) mass is 246 g/mol. The summed E-state index contributed by atoms with van der Waals surface area (Å²) in [4.78, 5) is 20.1. The molecule has 1 saturated heterocycles. The fourth-order valence-corrected chi connectivity index (χ4v) is 3.44. The van der Waals surface area contributed by atoms with Crippen LogP contribution in [0.2, 0.25) is 0 Å². The minimum atomic E-state index is -0.301. The molecule has 1 aromatic heterocycles. The molecule has 5 heteroatoms. The summed E-state index contributed by atoms with van der Waals surface area (Å²) in [6.07, 6.45) is 7.41. The molecule has 2 fully saturated rings. The van der Waals surface area contributed by atoms with Crippen LogP contribution in [0, 0.1) is 12.2 Å². The fraction of sp³-hybridized carbons (Fsp3) is 0.615. The quantitative estimate of drug-likeness (QED) is 0.768. The van der Waals surface area contributed by atoms with Gasteiger partial charge in [-0.2, -0.15) is 0 Å². The second-order valence-electron chi connectivity index (χ2n) is 5.17. The standard InChI is InChI=1S/C13H16N3O2/c1-18-12(17)11-13(10-3-5-14-8-16-10)4-2-9(6-13)7-15-11/h3,5,9,11,15H,2,4,6-7H2,1H3. The fourth-order valence-electron chi connectivity index (χ4n) is 3.44. The van der Waals surface area contributed by atoms with Gasteiger partial charge >= 0.3 is 5.97 Å². The number of aromatic nitrogens is 2. The second kappa shape index (κ2) is 4.31. The maximum Gasteiger partial charge on any atom is 0.323 e. The largest absolute Gasteiger partial charge is 0.468 e. The van der Waals surface area contributed by atoms with Crippen molar-refractivity contribution in [3.8, 4) is 0 Å². The summed E-state index contributed by atoms with van der Waals surface area (Å²) in [6, 6.07) is 1.59. The van der Waals surface area contributed by atoms with Gasteiger partial charge in [0, 0.05) is 11.6 Å². The van der Waals surface area contributed by atoms with Crippen LogP contribution in [0.5, 0.6) is 0 Å². The van der Waals surface area contributed by atoms with Gasteiger partial charge in [-0.1, -0.05) is 0 Å². The third kappa shape index (κ3) is 1.61. The Morgan fingerprint density at radius 1 is 1.67 bits per heavy atom. The Morgan fingerprint density at radius 3 is 3.28 bits per heavy atom. The highest BCUT2D eigenvalue weighted by Crippen LogP contribution is 2.48. The molecule has 0 aromatic carbocycles. The van der Waals surface area contributed by atoms with Crippen LogP contribution in [0.25, 0.3) is 0 Å². The minimum absolute atomic E-state index is 0.200. The zero-order chi connectivity index (χ0) is 12.6. The molecule has 3 rings (SSSR count). The van der Waals surface area contributed by atoms with Crippen molar-refractivity contribution in [3.63, 3.8) is 0 Å². The molecule has 1 aliphatic heterocycles.